The predicted molar refractivity (Wildman–Crippen MR) is 54.1 cm³/mol. The number of hydrogen-bond acceptors (Lipinski definition) is 1. The van der Waals surface area contributed by atoms with Crippen LogP contribution in [0.5, 0.6) is 0 Å². The van der Waals surface area contributed by atoms with Gasteiger partial charge in [0.15, 0.2) is 0 Å². The Morgan fingerprint density at radius 1 is 1.23 bits per heavy atom. The second-order valence-corrected chi connectivity index (χ2v) is 3.47. The Labute approximate surface area is 84.7 Å². The first-order valence-corrected chi connectivity index (χ1v) is 4.39. The summed E-state index contributed by atoms with van der Waals surface area (Å²) in [5, 5.41) is 1.86. The summed E-state index contributed by atoms with van der Waals surface area (Å²) in [5.74, 6) is 0. The molecule has 66 valence electrons. The largest absolute Gasteiger partial charge is 0.290 e. The van der Waals surface area contributed by atoms with Crippen molar-refractivity contribution in [2.24, 2.45) is 0 Å². The van der Waals surface area contributed by atoms with E-state index in [1.54, 1.807) is 18.3 Å². The summed E-state index contributed by atoms with van der Waals surface area (Å²) < 4.78 is 1.46. The molecular weight excluding hydrogens is 209 g/mol. The van der Waals surface area contributed by atoms with E-state index in [2.05, 4.69) is 0 Å². The van der Waals surface area contributed by atoms with Gasteiger partial charge in [0.1, 0.15) is 0 Å². The van der Waals surface area contributed by atoms with Crippen LogP contribution in [0.15, 0.2) is 24.4 Å². The molecule has 2 rings (SSSR count). The summed E-state index contributed by atoms with van der Waals surface area (Å²) >= 11 is 11.6. The molecule has 0 aliphatic rings. The van der Waals surface area contributed by atoms with Crippen LogP contribution in [0.3, 0.4) is 0 Å². The highest BCUT2D eigenvalue weighted by Gasteiger charge is 2.04. The molecule has 1 aromatic heterocycles. The van der Waals surface area contributed by atoms with Crippen LogP contribution in [0.1, 0.15) is 0 Å². The van der Waals surface area contributed by atoms with Crippen molar-refractivity contribution >= 4 is 40.5 Å². The number of fused-ring (bicyclic) bond motifs is 1. The number of benzene rings is 1. The highest BCUT2D eigenvalue weighted by molar-refractivity contribution is 6.42. The van der Waals surface area contributed by atoms with Crippen molar-refractivity contribution in [3.63, 3.8) is 0 Å². The van der Waals surface area contributed by atoms with E-state index in [0.717, 1.165) is 17.3 Å². The monoisotopic (exact) mass is 213 g/mol. The van der Waals surface area contributed by atoms with Gasteiger partial charge in [-0.3, -0.25) is 9.36 Å². The van der Waals surface area contributed by atoms with Crippen molar-refractivity contribution in [2.75, 3.05) is 0 Å². The zero-order chi connectivity index (χ0) is 9.42. The fourth-order valence-electron chi connectivity index (χ4n) is 1.24. The minimum atomic E-state index is 0.455. The lowest BCUT2D eigenvalue weighted by Gasteiger charge is -1.97. The fourth-order valence-corrected chi connectivity index (χ4v) is 1.57. The van der Waals surface area contributed by atoms with Crippen LogP contribution in [-0.2, 0) is 4.79 Å². The number of carbonyl (C=O) groups is 1. The first-order valence-electron chi connectivity index (χ1n) is 3.63. The number of hydrogen-bond donors (Lipinski definition) is 0. The SMILES string of the molecule is O=Cn1ccc2cc(Cl)c(Cl)cc21. The minimum Gasteiger partial charge on any atom is -0.290 e. The molecule has 0 saturated carbocycles. The van der Waals surface area contributed by atoms with E-state index in [9.17, 15) is 4.79 Å². The number of rotatable bonds is 1. The lowest BCUT2D eigenvalue weighted by Crippen LogP contribution is -1.90. The molecule has 0 aliphatic carbocycles. The fraction of sp³-hybridized carbons (Fsp3) is 0. The Hall–Kier alpha value is -0.990. The van der Waals surface area contributed by atoms with Crippen LogP contribution in [0, 0.1) is 0 Å². The number of halogens is 2. The van der Waals surface area contributed by atoms with E-state index in [1.807, 2.05) is 6.07 Å². The molecule has 2 aromatic rings. The third kappa shape index (κ3) is 1.32. The van der Waals surface area contributed by atoms with E-state index < -0.39 is 0 Å². The molecule has 0 unspecified atom stereocenters. The highest BCUT2D eigenvalue weighted by atomic mass is 35.5. The number of aromatic nitrogens is 1. The first-order chi connectivity index (χ1) is 6.22. The Balaban J connectivity index is 2.84. The summed E-state index contributed by atoms with van der Waals surface area (Å²) in [5.41, 5.74) is 0.768. The molecule has 0 saturated heterocycles. The van der Waals surface area contributed by atoms with Gasteiger partial charge in [-0.2, -0.15) is 0 Å². The second kappa shape index (κ2) is 3.05. The summed E-state index contributed by atoms with van der Waals surface area (Å²) in [6.45, 7) is 0. The maximum Gasteiger partial charge on any atom is 0.218 e. The molecule has 0 bridgehead atoms. The van der Waals surface area contributed by atoms with Crippen LogP contribution in [-0.4, -0.2) is 11.0 Å². The molecule has 1 aromatic carbocycles. The predicted octanol–water partition coefficient (Wildman–Crippen LogP) is 2.99. The van der Waals surface area contributed by atoms with Crippen LogP contribution in [0.2, 0.25) is 10.0 Å². The lowest BCUT2D eigenvalue weighted by atomic mass is 10.2. The zero-order valence-electron chi connectivity index (χ0n) is 6.50. The molecule has 0 radical (unpaired) electrons. The van der Waals surface area contributed by atoms with Crippen LogP contribution < -0.4 is 0 Å². The lowest BCUT2D eigenvalue weighted by molar-refractivity contribution is 0.549. The minimum absolute atomic E-state index is 0.455. The molecule has 2 nitrogen and oxygen atoms in total. The highest BCUT2D eigenvalue weighted by Crippen LogP contribution is 2.27. The van der Waals surface area contributed by atoms with Gasteiger partial charge in [0.25, 0.3) is 0 Å². The molecule has 4 heteroatoms. The molecule has 13 heavy (non-hydrogen) atoms. The second-order valence-electron chi connectivity index (χ2n) is 2.65. The smallest absolute Gasteiger partial charge is 0.218 e. The number of nitrogens with zero attached hydrogens (tertiary/aromatic N) is 1. The van der Waals surface area contributed by atoms with Crippen LogP contribution in [0.4, 0.5) is 0 Å². The molecule has 0 atom stereocenters. The molecular formula is C9H5Cl2NO. The molecule has 0 amide bonds. The zero-order valence-corrected chi connectivity index (χ0v) is 8.01. The Bertz CT molecular complexity index is 476. The average Bonchev–Trinajstić information content (AvgIpc) is 2.48. The topological polar surface area (TPSA) is 22.0 Å². The summed E-state index contributed by atoms with van der Waals surface area (Å²) in [6, 6.07) is 5.22. The third-order valence-electron chi connectivity index (χ3n) is 1.88. The van der Waals surface area contributed by atoms with Gasteiger partial charge in [-0.05, 0) is 18.2 Å². The molecule has 0 aliphatic heterocycles. The summed E-state index contributed by atoms with van der Waals surface area (Å²) in [7, 11) is 0. The van der Waals surface area contributed by atoms with Crippen molar-refractivity contribution in [3.8, 4) is 0 Å². The average molecular weight is 214 g/mol. The van der Waals surface area contributed by atoms with Gasteiger partial charge in [0, 0.05) is 11.6 Å². The van der Waals surface area contributed by atoms with Gasteiger partial charge in [-0.25, -0.2) is 0 Å². The summed E-state index contributed by atoms with van der Waals surface area (Å²) in [4.78, 5) is 10.6. The molecule has 0 spiro atoms. The van der Waals surface area contributed by atoms with Crippen LogP contribution in [0.25, 0.3) is 10.9 Å². The quantitative estimate of drug-likeness (QED) is 0.668. The maximum atomic E-state index is 10.6. The molecule has 0 fully saturated rings. The van der Waals surface area contributed by atoms with E-state index in [1.165, 1.54) is 4.57 Å². The van der Waals surface area contributed by atoms with Gasteiger partial charge in [-0.15, -0.1) is 0 Å². The van der Waals surface area contributed by atoms with Crippen molar-refractivity contribution in [1.29, 1.82) is 0 Å². The normalized spacial score (nSPS) is 10.6. The summed E-state index contributed by atoms with van der Waals surface area (Å²) in [6.07, 6.45) is 2.40. The Morgan fingerprint density at radius 2 is 1.92 bits per heavy atom. The molecule has 0 N–H and O–H groups in total. The van der Waals surface area contributed by atoms with Crippen molar-refractivity contribution in [3.05, 3.63) is 34.4 Å². The van der Waals surface area contributed by atoms with Crippen molar-refractivity contribution < 1.29 is 4.79 Å². The van der Waals surface area contributed by atoms with E-state index in [0.29, 0.717) is 10.0 Å². The van der Waals surface area contributed by atoms with Crippen LogP contribution >= 0.6 is 23.2 Å². The van der Waals surface area contributed by atoms with Crippen molar-refractivity contribution in [2.45, 2.75) is 0 Å². The van der Waals surface area contributed by atoms with Crippen molar-refractivity contribution in [1.82, 2.24) is 4.57 Å². The van der Waals surface area contributed by atoms with Gasteiger partial charge < -0.3 is 0 Å². The van der Waals surface area contributed by atoms with E-state index >= 15 is 0 Å². The van der Waals surface area contributed by atoms with Gasteiger partial charge in [0.05, 0.1) is 15.6 Å². The van der Waals surface area contributed by atoms with E-state index in [4.69, 9.17) is 23.2 Å². The molecule has 1 heterocycles. The van der Waals surface area contributed by atoms with Gasteiger partial charge >= 0.3 is 0 Å². The third-order valence-corrected chi connectivity index (χ3v) is 2.60. The van der Waals surface area contributed by atoms with E-state index in [-0.39, 0.29) is 0 Å². The number of carbonyl (C=O) groups excluding carboxylic acids is 1. The Morgan fingerprint density at radius 3 is 2.62 bits per heavy atom. The Kier molecular flexibility index (Phi) is 2.02. The maximum absolute atomic E-state index is 10.6. The van der Waals surface area contributed by atoms with Gasteiger partial charge in [-0.1, -0.05) is 23.2 Å². The first kappa shape index (κ1) is 8.60. The van der Waals surface area contributed by atoms with Gasteiger partial charge in [0.2, 0.25) is 6.41 Å². The standard InChI is InChI=1S/C9H5Cl2NO/c10-7-3-6-1-2-12(5-13)9(6)4-8(7)11/h1-5H.